The molecule has 7 nitrogen and oxygen atoms in total. The number of aromatic amines is 1. The molecule has 1 aliphatic heterocycles. The number of H-pyrrole nitrogens is 1. The van der Waals surface area contributed by atoms with Crippen molar-refractivity contribution in [2.45, 2.75) is 38.6 Å². The van der Waals surface area contributed by atoms with E-state index in [4.69, 9.17) is 9.97 Å². The van der Waals surface area contributed by atoms with Crippen molar-refractivity contribution in [1.29, 1.82) is 0 Å². The van der Waals surface area contributed by atoms with Crippen molar-refractivity contribution in [1.82, 2.24) is 29.4 Å². The highest BCUT2D eigenvalue weighted by Gasteiger charge is 2.17. The average Bonchev–Trinajstić information content (AvgIpc) is 3.39. The Labute approximate surface area is 244 Å². The zero-order chi connectivity index (χ0) is 28.3. The maximum atomic E-state index is 13.0. The zero-order valence-electron chi connectivity index (χ0n) is 23.7. The monoisotopic (exact) mass is 554 g/mol. The van der Waals surface area contributed by atoms with Gasteiger partial charge in [0.25, 0.3) is 5.56 Å². The van der Waals surface area contributed by atoms with Gasteiger partial charge in [-0.05, 0) is 68.7 Å². The quantitative estimate of drug-likeness (QED) is 0.233. The number of pyridine rings is 1. The van der Waals surface area contributed by atoms with E-state index in [9.17, 15) is 4.79 Å². The molecule has 4 heterocycles. The lowest BCUT2D eigenvalue weighted by Gasteiger charge is -2.26. The van der Waals surface area contributed by atoms with Crippen molar-refractivity contribution in [2.24, 2.45) is 0 Å². The topological polar surface area (TPSA) is 79.7 Å². The summed E-state index contributed by atoms with van der Waals surface area (Å²) >= 11 is 0. The minimum Gasteiger partial charge on any atom is -0.324 e. The van der Waals surface area contributed by atoms with Gasteiger partial charge in [-0.15, -0.1) is 0 Å². The van der Waals surface area contributed by atoms with Crippen LogP contribution in [0.1, 0.15) is 36.9 Å². The Kier molecular flexibility index (Phi) is 7.33. The molecule has 1 N–H and O–H groups in total. The number of rotatable bonds is 8. The summed E-state index contributed by atoms with van der Waals surface area (Å²) < 4.78 is 2.33. The Morgan fingerprint density at radius 3 is 2.33 bits per heavy atom. The van der Waals surface area contributed by atoms with E-state index in [1.807, 2.05) is 60.8 Å². The fourth-order valence-corrected chi connectivity index (χ4v) is 6.06. The molecule has 0 unspecified atom stereocenters. The van der Waals surface area contributed by atoms with Gasteiger partial charge in [0.1, 0.15) is 11.5 Å². The molecule has 0 amide bonds. The third-order valence-electron chi connectivity index (χ3n) is 8.25. The van der Waals surface area contributed by atoms with Crippen molar-refractivity contribution >= 4 is 22.1 Å². The maximum absolute atomic E-state index is 13.0. The van der Waals surface area contributed by atoms with Crippen LogP contribution in [0.15, 0.2) is 95.9 Å². The molecule has 1 aliphatic rings. The van der Waals surface area contributed by atoms with Crippen LogP contribution in [0.3, 0.4) is 0 Å². The Morgan fingerprint density at radius 1 is 0.762 bits per heavy atom. The molecular formula is C35H34N6O. The molecule has 0 aliphatic carbocycles. The van der Waals surface area contributed by atoms with Gasteiger partial charge in [-0.25, -0.2) is 9.97 Å². The molecule has 42 heavy (non-hydrogen) atoms. The zero-order valence-corrected chi connectivity index (χ0v) is 23.7. The Hall–Kier alpha value is -4.62. The van der Waals surface area contributed by atoms with Gasteiger partial charge in [-0.3, -0.25) is 9.78 Å². The van der Waals surface area contributed by atoms with Gasteiger partial charge in [0.15, 0.2) is 0 Å². The van der Waals surface area contributed by atoms with Crippen LogP contribution in [-0.4, -0.2) is 49.0 Å². The largest absolute Gasteiger partial charge is 0.324 e. The van der Waals surface area contributed by atoms with E-state index in [0.29, 0.717) is 17.6 Å². The number of hydrogen-bond donors (Lipinski definition) is 1. The first-order valence-corrected chi connectivity index (χ1v) is 14.9. The van der Waals surface area contributed by atoms with E-state index in [2.05, 4.69) is 49.8 Å². The second kappa shape index (κ2) is 11.7. The molecular weight excluding hydrogens is 520 g/mol. The molecule has 0 radical (unpaired) electrons. The summed E-state index contributed by atoms with van der Waals surface area (Å²) in [6, 6.07) is 28.5. The van der Waals surface area contributed by atoms with Gasteiger partial charge in [0.05, 0.1) is 27.8 Å². The summed E-state index contributed by atoms with van der Waals surface area (Å²) in [6.45, 7) is 4.32. The number of imidazole rings is 1. The Balaban J connectivity index is 1.27. The third kappa shape index (κ3) is 5.48. The second-order valence-electron chi connectivity index (χ2n) is 11.2. The highest BCUT2D eigenvalue weighted by Crippen LogP contribution is 2.29. The van der Waals surface area contributed by atoms with Crippen molar-refractivity contribution in [3.8, 4) is 22.6 Å². The SMILES string of the molecule is O=c1[nH]c2cc3nc(-c4ccc(-c5ccccn5)cc4)n(CCCN4CCCCC4)c3cc2nc1Cc1ccccc1. The molecule has 0 atom stereocenters. The number of fused-ring (bicyclic) bond motifs is 2. The van der Waals surface area contributed by atoms with Crippen LogP contribution in [0.5, 0.6) is 0 Å². The van der Waals surface area contributed by atoms with Crippen molar-refractivity contribution in [3.63, 3.8) is 0 Å². The number of benzene rings is 3. The summed E-state index contributed by atoms with van der Waals surface area (Å²) in [6.07, 6.45) is 7.29. The highest BCUT2D eigenvalue weighted by atomic mass is 16.1. The number of aryl methyl sites for hydroxylation is 1. The first kappa shape index (κ1) is 26.3. The predicted molar refractivity (Wildman–Crippen MR) is 168 cm³/mol. The van der Waals surface area contributed by atoms with Crippen molar-refractivity contribution in [3.05, 3.63) is 113 Å². The number of hydrogen-bond acceptors (Lipinski definition) is 5. The number of aromatic nitrogens is 5. The molecule has 210 valence electrons. The fraction of sp³-hybridized carbons (Fsp3) is 0.257. The number of nitrogens with one attached hydrogen (secondary N) is 1. The lowest BCUT2D eigenvalue weighted by Crippen LogP contribution is -2.31. The second-order valence-corrected chi connectivity index (χ2v) is 11.2. The normalized spacial score (nSPS) is 14.1. The van der Waals surface area contributed by atoms with E-state index in [1.165, 1.54) is 32.4 Å². The minimum atomic E-state index is -0.156. The Bertz CT molecular complexity index is 1870. The predicted octanol–water partition coefficient (Wildman–Crippen LogP) is 6.47. The molecule has 6 aromatic rings. The van der Waals surface area contributed by atoms with Crippen LogP contribution in [0.2, 0.25) is 0 Å². The molecule has 3 aromatic carbocycles. The van der Waals surface area contributed by atoms with Gasteiger partial charge in [0.2, 0.25) is 0 Å². The van der Waals surface area contributed by atoms with Crippen LogP contribution in [0.25, 0.3) is 44.7 Å². The summed E-state index contributed by atoms with van der Waals surface area (Å²) in [7, 11) is 0. The highest BCUT2D eigenvalue weighted by molar-refractivity contribution is 5.93. The van der Waals surface area contributed by atoms with E-state index in [0.717, 1.165) is 64.3 Å². The first-order valence-electron chi connectivity index (χ1n) is 14.9. The van der Waals surface area contributed by atoms with Crippen LogP contribution >= 0.6 is 0 Å². The van der Waals surface area contributed by atoms with Gasteiger partial charge in [-0.1, -0.05) is 67.1 Å². The summed E-state index contributed by atoms with van der Waals surface area (Å²) in [5.74, 6) is 0.929. The van der Waals surface area contributed by atoms with Crippen molar-refractivity contribution in [2.75, 3.05) is 19.6 Å². The van der Waals surface area contributed by atoms with E-state index >= 15 is 0 Å². The lowest BCUT2D eigenvalue weighted by molar-refractivity contribution is 0.223. The number of piperidine rings is 1. The summed E-state index contributed by atoms with van der Waals surface area (Å²) in [4.78, 5) is 33.1. The number of likely N-dealkylation sites (tertiary alicyclic amines) is 1. The standard InChI is InChI=1S/C35H34N6O/c42-35-32(22-25-10-3-1-4-11-25)37-30-24-33-31(23-29(30)39-35)38-34(41(33)21-9-20-40-18-7-2-8-19-40)27-15-13-26(14-16-27)28-12-5-6-17-36-28/h1,3-6,10-17,23-24H,2,7-9,18-22H2,(H,39,42). The Morgan fingerprint density at radius 2 is 1.55 bits per heavy atom. The number of nitrogens with zero attached hydrogens (tertiary/aromatic N) is 5. The molecule has 7 heteroatoms. The summed E-state index contributed by atoms with van der Waals surface area (Å²) in [5.41, 5.74) is 7.90. The van der Waals surface area contributed by atoms with Gasteiger partial charge in [0, 0.05) is 30.3 Å². The molecule has 0 bridgehead atoms. The minimum absolute atomic E-state index is 0.156. The average molecular weight is 555 g/mol. The van der Waals surface area contributed by atoms with Crippen LogP contribution in [0, 0.1) is 0 Å². The van der Waals surface area contributed by atoms with E-state index in [1.54, 1.807) is 0 Å². The van der Waals surface area contributed by atoms with Gasteiger partial charge in [-0.2, -0.15) is 0 Å². The van der Waals surface area contributed by atoms with Crippen LogP contribution < -0.4 is 5.56 Å². The van der Waals surface area contributed by atoms with E-state index < -0.39 is 0 Å². The van der Waals surface area contributed by atoms with Gasteiger partial charge >= 0.3 is 0 Å². The molecule has 3 aromatic heterocycles. The van der Waals surface area contributed by atoms with Crippen molar-refractivity contribution < 1.29 is 0 Å². The fourth-order valence-electron chi connectivity index (χ4n) is 6.06. The molecule has 0 spiro atoms. The first-order chi connectivity index (χ1) is 20.7. The molecule has 7 rings (SSSR count). The molecule has 1 saturated heterocycles. The van der Waals surface area contributed by atoms with Crippen LogP contribution in [0.4, 0.5) is 0 Å². The third-order valence-corrected chi connectivity index (χ3v) is 8.25. The summed E-state index contributed by atoms with van der Waals surface area (Å²) in [5, 5.41) is 0. The van der Waals surface area contributed by atoms with Crippen LogP contribution in [-0.2, 0) is 13.0 Å². The molecule has 1 fully saturated rings. The van der Waals surface area contributed by atoms with Gasteiger partial charge < -0.3 is 14.5 Å². The van der Waals surface area contributed by atoms with E-state index in [-0.39, 0.29) is 5.56 Å². The molecule has 0 saturated carbocycles. The smallest absolute Gasteiger partial charge is 0.270 e. The maximum Gasteiger partial charge on any atom is 0.270 e. The lowest BCUT2D eigenvalue weighted by atomic mass is 10.1.